The maximum absolute atomic E-state index is 12.6. The van der Waals surface area contributed by atoms with Gasteiger partial charge in [0, 0.05) is 18.8 Å². The number of ketones is 2. The van der Waals surface area contributed by atoms with Gasteiger partial charge in [-0.25, -0.2) is 0 Å². The van der Waals surface area contributed by atoms with Crippen LogP contribution in [0.5, 0.6) is 0 Å². The molecule has 20 heavy (non-hydrogen) atoms. The van der Waals surface area contributed by atoms with Crippen molar-refractivity contribution in [3.05, 3.63) is 12.2 Å². The molecule has 0 aromatic heterocycles. The molecule has 2 fully saturated rings. The van der Waals surface area contributed by atoms with Crippen LogP contribution < -0.4 is 0 Å². The minimum Gasteiger partial charge on any atom is -0.300 e. The third-order valence-corrected chi connectivity index (χ3v) is 5.77. The molecule has 0 amide bonds. The van der Waals surface area contributed by atoms with E-state index in [4.69, 9.17) is 0 Å². The Balaban J connectivity index is 2.34. The van der Waals surface area contributed by atoms with Gasteiger partial charge in [-0.05, 0) is 42.9 Å². The van der Waals surface area contributed by atoms with Gasteiger partial charge in [0.25, 0.3) is 0 Å². The van der Waals surface area contributed by atoms with Crippen molar-refractivity contribution in [1.82, 2.24) is 0 Å². The number of allylic oxidation sites excluding steroid dienone is 1. The van der Waals surface area contributed by atoms with E-state index in [0.29, 0.717) is 24.5 Å². The molecular weight excluding hydrogens is 248 g/mol. The zero-order valence-electron chi connectivity index (χ0n) is 13.4. The van der Waals surface area contributed by atoms with Crippen molar-refractivity contribution in [2.24, 2.45) is 22.7 Å². The van der Waals surface area contributed by atoms with Crippen LogP contribution in [0.1, 0.15) is 66.2 Å². The summed E-state index contributed by atoms with van der Waals surface area (Å²) in [5.74, 6) is 1.08. The second-order valence-electron chi connectivity index (χ2n) is 7.88. The van der Waals surface area contributed by atoms with Gasteiger partial charge in [0.2, 0.25) is 0 Å². The molecule has 2 heteroatoms. The first kappa shape index (κ1) is 15.5. The maximum atomic E-state index is 12.6. The predicted molar refractivity (Wildman–Crippen MR) is 81.4 cm³/mol. The van der Waals surface area contributed by atoms with Crippen molar-refractivity contribution in [2.75, 3.05) is 0 Å². The molecular formula is C18H28O2. The van der Waals surface area contributed by atoms with Gasteiger partial charge in [0.05, 0.1) is 0 Å². The summed E-state index contributed by atoms with van der Waals surface area (Å²) in [7, 11) is 0. The summed E-state index contributed by atoms with van der Waals surface area (Å²) in [6.45, 7) is 12.6. The van der Waals surface area contributed by atoms with Crippen LogP contribution in [0.4, 0.5) is 0 Å². The third kappa shape index (κ3) is 2.49. The molecule has 0 aromatic carbocycles. The fourth-order valence-corrected chi connectivity index (χ4v) is 5.08. The summed E-state index contributed by atoms with van der Waals surface area (Å²) < 4.78 is 0. The Morgan fingerprint density at radius 1 is 1.30 bits per heavy atom. The number of fused-ring (bicyclic) bond motifs is 1. The van der Waals surface area contributed by atoms with Crippen LogP contribution in [0.2, 0.25) is 0 Å². The highest BCUT2D eigenvalue weighted by Crippen LogP contribution is 2.60. The molecule has 2 aliphatic rings. The van der Waals surface area contributed by atoms with Crippen molar-refractivity contribution in [1.29, 1.82) is 0 Å². The van der Waals surface area contributed by atoms with E-state index < -0.39 is 0 Å². The molecule has 112 valence electrons. The Labute approximate surface area is 123 Å². The monoisotopic (exact) mass is 276 g/mol. The first-order chi connectivity index (χ1) is 9.18. The molecule has 2 rings (SSSR count). The van der Waals surface area contributed by atoms with Crippen molar-refractivity contribution in [3.8, 4) is 0 Å². The smallest absolute Gasteiger partial charge is 0.141 e. The molecule has 2 aliphatic carbocycles. The standard InChI is InChI=1S/C18H28O2/c1-12-11-15(20)16-17(3,4)9-6-10-18(16,5)14(12)8-7-13(2)19/h14,16H,1,6-11H2,2-5H3/t14-,16+,18+/m0/s1. The van der Waals surface area contributed by atoms with Crippen LogP contribution in [0, 0.1) is 22.7 Å². The summed E-state index contributed by atoms with van der Waals surface area (Å²) in [4.78, 5) is 24.0. The Hall–Kier alpha value is -0.920. The van der Waals surface area contributed by atoms with Gasteiger partial charge in [-0.2, -0.15) is 0 Å². The highest BCUT2D eigenvalue weighted by atomic mass is 16.1. The number of rotatable bonds is 3. The van der Waals surface area contributed by atoms with Crippen LogP contribution in [-0.2, 0) is 9.59 Å². The van der Waals surface area contributed by atoms with Crippen LogP contribution in [0.15, 0.2) is 12.2 Å². The van der Waals surface area contributed by atoms with Gasteiger partial charge in [0.15, 0.2) is 0 Å². The van der Waals surface area contributed by atoms with Gasteiger partial charge in [-0.1, -0.05) is 39.3 Å². The predicted octanol–water partition coefficient (Wildman–Crippen LogP) is 4.33. The SMILES string of the molecule is C=C1CC(=O)[C@@H]2C(C)(C)CCC[C@]2(C)[C@H]1CCC(C)=O. The number of hydrogen-bond donors (Lipinski definition) is 0. The molecule has 0 aromatic rings. The topological polar surface area (TPSA) is 34.1 Å². The van der Waals surface area contributed by atoms with Crippen molar-refractivity contribution in [2.45, 2.75) is 66.2 Å². The fourth-order valence-electron chi connectivity index (χ4n) is 5.08. The molecule has 0 aliphatic heterocycles. The number of hydrogen-bond acceptors (Lipinski definition) is 2. The van der Waals surface area contributed by atoms with E-state index in [-0.39, 0.29) is 22.5 Å². The number of Topliss-reactive ketones (excluding diaryl/α,β-unsaturated/α-hetero) is 2. The molecule has 2 nitrogen and oxygen atoms in total. The molecule has 3 atom stereocenters. The largest absolute Gasteiger partial charge is 0.300 e. The van der Waals surface area contributed by atoms with Gasteiger partial charge in [0.1, 0.15) is 11.6 Å². The highest BCUT2D eigenvalue weighted by Gasteiger charge is 2.56. The highest BCUT2D eigenvalue weighted by molar-refractivity contribution is 5.86. The second-order valence-corrected chi connectivity index (χ2v) is 7.88. The van der Waals surface area contributed by atoms with Gasteiger partial charge < -0.3 is 4.79 Å². The quantitative estimate of drug-likeness (QED) is 0.719. The lowest BCUT2D eigenvalue weighted by Crippen LogP contribution is -2.53. The molecule has 2 saturated carbocycles. The molecule has 0 bridgehead atoms. The summed E-state index contributed by atoms with van der Waals surface area (Å²) in [5.41, 5.74) is 1.15. The zero-order valence-corrected chi connectivity index (χ0v) is 13.4. The number of carbonyl (C=O) groups is 2. The van der Waals surface area contributed by atoms with E-state index >= 15 is 0 Å². The molecule has 0 unspecified atom stereocenters. The lowest BCUT2D eigenvalue weighted by atomic mass is 9.46. The molecule has 0 saturated heterocycles. The molecule has 0 N–H and O–H groups in total. The summed E-state index contributed by atoms with van der Waals surface area (Å²) >= 11 is 0. The lowest BCUT2D eigenvalue weighted by Gasteiger charge is -2.56. The van der Waals surface area contributed by atoms with E-state index in [0.717, 1.165) is 24.8 Å². The molecule has 0 spiro atoms. The average Bonchev–Trinajstić information content (AvgIpc) is 2.25. The maximum Gasteiger partial charge on any atom is 0.141 e. The third-order valence-electron chi connectivity index (χ3n) is 5.77. The summed E-state index contributed by atoms with van der Waals surface area (Å²) in [6, 6.07) is 0. The Bertz CT molecular complexity index is 446. The van der Waals surface area contributed by atoms with Gasteiger partial charge >= 0.3 is 0 Å². The van der Waals surface area contributed by atoms with E-state index in [1.807, 2.05) is 0 Å². The molecule has 0 heterocycles. The lowest BCUT2D eigenvalue weighted by molar-refractivity contribution is -0.143. The minimum absolute atomic E-state index is 0.00359. The molecule has 0 radical (unpaired) electrons. The van der Waals surface area contributed by atoms with E-state index in [2.05, 4.69) is 27.4 Å². The first-order valence-electron chi connectivity index (χ1n) is 7.88. The second kappa shape index (κ2) is 5.13. The average molecular weight is 276 g/mol. The Morgan fingerprint density at radius 3 is 2.55 bits per heavy atom. The first-order valence-corrected chi connectivity index (χ1v) is 7.88. The number of carbonyl (C=O) groups excluding carboxylic acids is 2. The van der Waals surface area contributed by atoms with Gasteiger partial charge in [-0.3, -0.25) is 4.79 Å². The van der Waals surface area contributed by atoms with Crippen molar-refractivity contribution in [3.63, 3.8) is 0 Å². The van der Waals surface area contributed by atoms with Crippen LogP contribution in [0.3, 0.4) is 0 Å². The summed E-state index contributed by atoms with van der Waals surface area (Å²) in [6.07, 6.45) is 5.40. The van der Waals surface area contributed by atoms with Crippen molar-refractivity contribution < 1.29 is 9.59 Å². The Kier molecular flexibility index (Phi) is 3.96. The Morgan fingerprint density at radius 2 is 1.95 bits per heavy atom. The minimum atomic E-state index is 0.00359. The van der Waals surface area contributed by atoms with Crippen LogP contribution in [0.25, 0.3) is 0 Å². The van der Waals surface area contributed by atoms with E-state index in [1.54, 1.807) is 6.92 Å². The summed E-state index contributed by atoms with van der Waals surface area (Å²) in [5, 5.41) is 0. The van der Waals surface area contributed by atoms with E-state index in [1.165, 1.54) is 6.42 Å². The van der Waals surface area contributed by atoms with Crippen LogP contribution >= 0.6 is 0 Å². The fraction of sp³-hybridized carbons (Fsp3) is 0.778. The van der Waals surface area contributed by atoms with Crippen LogP contribution in [-0.4, -0.2) is 11.6 Å². The van der Waals surface area contributed by atoms with Gasteiger partial charge in [-0.15, -0.1) is 0 Å². The normalized spacial score (nSPS) is 36.6. The van der Waals surface area contributed by atoms with Crippen molar-refractivity contribution >= 4 is 11.6 Å². The van der Waals surface area contributed by atoms with E-state index in [9.17, 15) is 9.59 Å². The zero-order chi connectivity index (χ0) is 15.1.